The van der Waals surface area contributed by atoms with E-state index in [1.54, 1.807) is 0 Å². The van der Waals surface area contributed by atoms with E-state index in [4.69, 9.17) is 4.74 Å². The van der Waals surface area contributed by atoms with E-state index in [0.717, 1.165) is 0 Å². The van der Waals surface area contributed by atoms with Crippen LogP contribution < -0.4 is 18.9 Å². The van der Waals surface area contributed by atoms with Gasteiger partial charge < -0.3 is 6.16 Å². The van der Waals surface area contributed by atoms with Crippen molar-refractivity contribution in [2.75, 3.05) is 0 Å². The zero-order valence-corrected chi connectivity index (χ0v) is 6.82. The summed E-state index contributed by atoms with van der Waals surface area (Å²) in [6, 6.07) is 0. The smallest absolute Gasteiger partial charge is 1.00 e. The maximum Gasteiger partial charge on any atom is 1.00 e. The molecule has 0 N–H and O–H groups in total. The van der Waals surface area contributed by atoms with Crippen LogP contribution in [0.4, 0.5) is 0 Å². The molecule has 0 aliphatic heterocycles. The van der Waals surface area contributed by atoms with Crippen molar-refractivity contribution < 1.29 is 29.8 Å². The first-order chi connectivity index (χ1) is 3.42. The minimum absolute atomic E-state index is 0. The Labute approximate surface area is 69.6 Å². The van der Waals surface area contributed by atoms with Gasteiger partial charge in [0.2, 0.25) is 0 Å². The molecule has 2 nitrogen and oxygen atoms in total. The average molecular weight is 124 g/mol. The summed E-state index contributed by atoms with van der Waals surface area (Å²) in [6.07, 6.45) is 0. The van der Waals surface area contributed by atoms with Crippen molar-refractivity contribution in [1.82, 2.24) is 0 Å². The SMILES string of the molecule is CC(=O)OC(C)(C)C.[H-].[Li+]. The van der Waals surface area contributed by atoms with Gasteiger partial charge in [-0.15, -0.1) is 0 Å². The third kappa shape index (κ3) is 11.6. The van der Waals surface area contributed by atoms with Gasteiger partial charge >= 0.3 is 24.8 Å². The third-order valence-corrected chi connectivity index (χ3v) is 0.450. The van der Waals surface area contributed by atoms with Crippen molar-refractivity contribution in [2.24, 2.45) is 0 Å². The van der Waals surface area contributed by atoms with E-state index in [1.807, 2.05) is 20.8 Å². The van der Waals surface area contributed by atoms with Crippen molar-refractivity contribution in [3.8, 4) is 0 Å². The van der Waals surface area contributed by atoms with Gasteiger partial charge in [0.15, 0.2) is 0 Å². The summed E-state index contributed by atoms with van der Waals surface area (Å²) in [6.45, 7) is 6.93. The van der Waals surface area contributed by atoms with Gasteiger partial charge in [-0.2, -0.15) is 0 Å². The Morgan fingerprint density at radius 1 is 1.44 bits per heavy atom. The fourth-order valence-corrected chi connectivity index (χ4v) is 0.431. The molecule has 0 aromatic heterocycles. The molecule has 0 bridgehead atoms. The maximum absolute atomic E-state index is 10.2. The van der Waals surface area contributed by atoms with Gasteiger partial charge in [-0.25, -0.2) is 0 Å². The summed E-state index contributed by atoms with van der Waals surface area (Å²) in [5.41, 5.74) is -0.328. The van der Waals surface area contributed by atoms with Gasteiger partial charge in [0.1, 0.15) is 5.60 Å². The van der Waals surface area contributed by atoms with E-state index in [1.165, 1.54) is 6.92 Å². The number of hydrogen-bond donors (Lipinski definition) is 0. The number of hydrogen-bond acceptors (Lipinski definition) is 2. The number of ether oxygens (including phenoxy) is 1. The fourth-order valence-electron chi connectivity index (χ4n) is 0.431. The van der Waals surface area contributed by atoms with Crippen LogP contribution >= 0.6 is 0 Å². The second kappa shape index (κ2) is 3.98. The summed E-state index contributed by atoms with van der Waals surface area (Å²) in [5.74, 6) is -0.225. The Hall–Kier alpha value is 0.0674. The van der Waals surface area contributed by atoms with Crippen LogP contribution in [0, 0.1) is 0 Å². The molecule has 50 valence electrons. The van der Waals surface area contributed by atoms with Gasteiger partial charge in [-0.05, 0) is 20.8 Å². The molecule has 0 aromatic rings. The molecule has 0 spiro atoms. The Bertz CT molecular complexity index is 98.4. The Morgan fingerprint density at radius 3 is 1.78 bits per heavy atom. The first-order valence-electron chi connectivity index (χ1n) is 2.61. The maximum atomic E-state index is 10.2. The van der Waals surface area contributed by atoms with Crippen LogP contribution in [0.15, 0.2) is 0 Å². The van der Waals surface area contributed by atoms with E-state index < -0.39 is 0 Å². The molecule has 0 amide bonds. The molecule has 0 saturated carbocycles. The van der Waals surface area contributed by atoms with E-state index in [9.17, 15) is 4.79 Å². The van der Waals surface area contributed by atoms with Crippen LogP contribution in [0.25, 0.3) is 0 Å². The van der Waals surface area contributed by atoms with E-state index >= 15 is 0 Å². The summed E-state index contributed by atoms with van der Waals surface area (Å²) in [7, 11) is 0. The molecule has 0 saturated heterocycles. The van der Waals surface area contributed by atoms with E-state index in [2.05, 4.69) is 0 Å². The molecule has 9 heavy (non-hydrogen) atoms. The topological polar surface area (TPSA) is 26.3 Å². The summed E-state index contributed by atoms with van der Waals surface area (Å²) >= 11 is 0. The first kappa shape index (κ1) is 11.8. The normalized spacial score (nSPS) is 9.78. The molecule has 0 aliphatic carbocycles. The first-order valence-corrected chi connectivity index (χ1v) is 2.61. The minimum atomic E-state index is -0.328. The quantitative estimate of drug-likeness (QED) is 0.289. The molecule has 0 fully saturated rings. The van der Waals surface area contributed by atoms with Gasteiger partial charge in [0.05, 0.1) is 0 Å². The van der Waals surface area contributed by atoms with Crippen LogP contribution in [0.3, 0.4) is 0 Å². The van der Waals surface area contributed by atoms with Crippen molar-refractivity contribution in [3.05, 3.63) is 0 Å². The largest absolute Gasteiger partial charge is 1.00 e. The molecule has 0 aromatic carbocycles. The van der Waals surface area contributed by atoms with Gasteiger partial charge in [-0.1, -0.05) is 0 Å². The molecule has 0 radical (unpaired) electrons. The zero-order chi connectivity index (χ0) is 6.78. The second-order valence-corrected chi connectivity index (χ2v) is 2.71. The Balaban J connectivity index is -0.000000245. The zero-order valence-electron chi connectivity index (χ0n) is 7.82. The molecule has 3 heteroatoms. The molecular formula is C6H13LiO2. The van der Waals surface area contributed by atoms with Crippen molar-refractivity contribution in [1.29, 1.82) is 0 Å². The number of esters is 1. The van der Waals surface area contributed by atoms with Crippen LogP contribution in [-0.4, -0.2) is 11.6 Å². The van der Waals surface area contributed by atoms with Crippen LogP contribution in [0.5, 0.6) is 0 Å². The monoisotopic (exact) mass is 124 g/mol. The second-order valence-electron chi connectivity index (χ2n) is 2.71. The Kier molecular flexibility index (Phi) is 5.22. The Morgan fingerprint density at radius 2 is 1.78 bits per heavy atom. The van der Waals surface area contributed by atoms with Crippen LogP contribution in [0.1, 0.15) is 29.1 Å². The molecule has 0 rings (SSSR count). The van der Waals surface area contributed by atoms with E-state index in [0.29, 0.717) is 0 Å². The van der Waals surface area contributed by atoms with Crippen LogP contribution in [0.2, 0.25) is 0 Å². The number of rotatable bonds is 0. The molecule has 0 aliphatic rings. The molecular weight excluding hydrogens is 111 g/mol. The standard InChI is InChI=1S/C6H12O2.Li.H/c1-5(7)8-6(2,3)4;;/h1-4H3;;/q;+1;-1. The third-order valence-electron chi connectivity index (χ3n) is 0.450. The average Bonchev–Trinajstić information content (AvgIpc) is 1.21. The van der Waals surface area contributed by atoms with Crippen molar-refractivity contribution in [3.63, 3.8) is 0 Å². The minimum Gasteiger partial charge on any atom is -1.00 e. The van der Waals surface area contributed by atoms with Crippen LogP contribution in [-0.2, 0) is 9.53 Å². The van der Waals surface area contributed by atoms with E-state index in [-0.39, 0.29) is 31.9 Å². The van der Waals surface area contributed by atoms with Crippen molar-refractivity contribution in [2.45, 2.75) is 33.3 Å². The van der Waals surface area contributed by atoms with Crippen molar-refractivity contribution >= 4 is 5.97 Å². The summed E-state index contributed by atoms with van der Waals surface area (Å²) in [4.78, 5) is 10.2. The number of carbonyl (C=O) groups excluding carboxylic acids is 1. The van der Waals surface area contributed by atoms with Gasteiger partial charge in [0.25, 0.3) is 0 Å². The molecule has 0 atom stereocenters. The van der Waals surface area contributed by atoms with Gasteiger partial charge in [-0.3, -0.25) is 4.79 Å². The fraction of sp³-hybridized carbons (Fsp3) is 0.833. The predicted octanol–water partition coefficient (Wildman–Crippen LogP) is -1.54. The molecule has 0 unspecified atom stereocenters. The van der Waals surface area contributed by atoms with Gasteiger partial charge in [0, 0.05) is 6.92 Å². The summed E-state index contributed by atoms with van der Waals surface area (Å²) < 4.78 is 4.80. The predicted molar refractivity (Wildman–Crippen MR) is 32.6 cm³/mol. The summed E-state index contributed by atoms with van der Waals surface area (Å²) in [5, 5.41) is 0. The number of carbonyl (C=O) groups is 1. The molecule has 0 heterocycles.